The van der Waals surface area contributed by atoms with Crippen LogP contribution in [-0.2, 0) is 16.0 Å². The van der Waals surface area contributed by atoms with Crippen LogP contribution in [-0.4, -0.2) is 47.9 Å². The van der Waals surface area contributed by atoms with Crippen LogP contribution in [0.3, 0.4) is 0 Å². The summed E-state index contributed by atoms with van der Waals surface area (Å²) in [6.07, 6.45) is 7.74. The van der Waals surface area contributed by atoms with E-state index in [-0.39, 0.29) is 5.60 Å². The second-order valence-electron chi connectivity index (χ2n) is 7.54. The van der Waals surface area contributed by atoms with Crippen LogP contribution in [0.1, 0.15) is 49.1 Å². The summed E-state index contributed by atoms with van der Waals surface area (Å²) >= 11 is 1.78. The molecule has 2 aliphatic carbocycles. The van der Waals surface area contributed by atoms with Crippen LogP contribution >= 0.6 is 11.3 Å². The lowest BCUT2D eigenvalue weighted by Crippen LogP contribution is -2.51. The summed E-state index contributed by atoms with van der Waals surface area (Å²) in [5.41, 5.74) is 3.20. The number of nitrogens with zero attached hydrogens (tertiary/aromatic N) is 2. The van der Waals surface area contributed by atoms with Gasteiger partial charge in [0.25, 0.3) is 0 Å². The van der Waals surface area contributed by atoms with Crippen molar-refractivity contribution in [3.8, 4) is 0 Å². The molecule has 0 amide bonds. The van der Waals surface area contributed by atoms with Gasteiger partial charge in [-0.3, -0.25) is 4.90 Å². The Hall–Kier alpha value is -0.490. The number of aromatic nitrogens is 1. The molecule has 0 N–H and O–H groups in total. The third kappa shape index (κ3) is 3.21. The van der Waals surface area contributed by atoms with E-state index in [1.165, 1.54) is 23.4 Å². The highest BCUT2D eigenvalue weighted by Gasteiger charge is 2.51. The van der Waals surface area contributed by atoms with Crippen molar-refractivity contribution in [3.63, 3.8) is 0 Å². The first-order valence-corrected chi connectivity index (χ1v) is 9.88. The maximum atomic E-state index is 6.22. The van der Waals surface area contributed by atoms with Gasteiger partial charge in [0.1, 0.15) is 0 Å². The Morgan fingerprint density at radius 2 is 2.22 bits per heavy atom. The van der Waals surface area contributed by atoms with Gasteiger partial charge in [-0.15, -0.1) is 11.3 Å². The number of thiazole rings is 1. The minimum Gasteiger partial charge on any atom is -0.378 e. The number of fused-ring (bicyclic) bond motifs is 1. The minimum atomic E-state index is 0.0536. The SMILES string of the molecule is CO[C@@]12CC[C@@H](OCC3CC3)C[C@@H]1N(Cc1scnc1C)CC2. The molecule has 0 bridgehead atoms. The highest BCUT2D eigenvalue weighted by Crippen LogP contribution is 2.44. The standard InChI is InChI=1S/C18H28N2O2S/c1-13-16(23-12-19-13)10-20-8-7-18(21-2)6-5-15(9-17(18)20)22-11-14-3-4-14/h12,14-15,17H,3-11H2,1-2H3/t15-,17+,18-/m1/s1. The number of rotatable bonds is 6. The largest absolute Gasteiger partial charge is 0.378 e. The molecule has 4 nitrogen and oxygen atoms in total. The highest BCUT2D eigenvalue weighted by atomic mass is 32.1. The Kier molecular flexibility index (Phi) is 4.47. The Morgan fingerprint density at radius 3 is 2.91 bits per heavy atom. The molecule has 1 saturated heterocycles. The van der Waals surface area contributed by atoms with Gasteiger partial charge >= 0.3 is 0 Å². The van der Waals surface area contributed by atoms with Gasteiger partial charge in [-0.1, -0.05) is 0 Å². The van der Waals surface area contributed by atoms with Crippen molar-refractivity contribution in [1.82, 2.24) is 9.88 Å². The second-order valence-corrected chi connectivity index (χ2v) is 8.48. The van der Waals surface area contributed by atoms with Crippen molar-refractivity contribution in [3.05, 3.63) is 16.1 Å². The zero-order valence-corrected chi connectivity index (χ0v) is 15.1. The molecular formula is C18H28N2O2S. The first kappa shape index (κ1) is 16.0. The molecule has 5 heteroatoms. The van der Waals surface area contributed by atoms with Crippen molar-refractivity contribution in [1.29, 1.82) is 0 Å². The zero-order valence-electron chi connectivity index (χ0n) is 14.3. The van der Waals surface area contributed by atoms with Gasteiger partial charge in [-0.05, 0) is 51.4 Å². The lowest BCUT2D eigenvalue weighted by atomic mass is 9.79. The predicted octanol–water partition coefficient (Wildman–Crippen LogP) is 3.39. The van der Waals surface area contributed by atoms with Gasteiger partial charge in [0.05, 0.1) is 22.9 Å². The molecular weight excluding hydrogens is 308 g/mol. The fraction of sp³-hybridized carbons (Fsp3) is 0.833. The van der Waals surface area contributed by atoms with Crippen LogP contribution in [0, 0.1) is 12.8 Å². The van der Waals surface area contributed by atoms with Gasteiger partial charge in [0.2, 0.25) is 0 Å². The first-order chi connectivity index (χ1) is 11.2. The van der Waals surface area contributed by atoms with Gasteiger partial charge < -0.3 is 9.47 Å². The normalized spacial score (nSPS) is 34.7. The molecule has 1 aromatic heterocycles. The predicted molar refractivity (Wildman–Crippen MR) is 91.7 cm³/mol. The number of hydrogen-bond donors (Lipinski definition) is 0. The summed E-state index contributed by atoms with van der Waals surface area (Å²) in [6, 6.07) is 0.493. The summed E-state index contributed by atoms with van der Waals surface area (Å²) in [5.74, 6) is 0.851. The van der Waals surface area contributed by atoms with Crippen LogP contribution in [0.2, 0.25) is 0 Å². The topological polar surface area (TPSA) is 34.6 Å². The molecule has 2 saturated carbocycles. The maximum absolute atomic E-state index is 6.22. The van der Waals surface area contributed by atoms with Crippen LogP contribution in [0.15, 0.2) is 5.51 Å². The molecule has 0 radical (unpaired) electrons. The van der Waals surface area contributed by atoms with E-state index in [4.69, 9.17) is 9.47 Å². The monoisotopic (exact) mass is 336 g/mol. The van der Waals surface area contributed by atoms with Crippen LogP contribution < -0.4 is 0 Å². The molecule has 1 aromatic rings. The number of methoxy groups -OCH3 is 1. The average Bonchev–Trinajstić information content (AvgIpc) is 3.22. The van der Waals surface area contributed by atoms with E-state index in [1.807, 2.05) is 12.6 Å². The highest BCUT2D eigenvalue weighted by molar-refractivity contribution is 7.09. The molecule has 23 heavy (non-hydrogen) atoms. The summed E-state index contributed by atoms with van der Waals surface area (Å²) in [7, 11) is 1.90. The molecule has 0 aromatic carbocycles. The molecule has 4 rings (SSSR count). The summed E-state index contributed by atoms with van der Waals surface area (Å²) in [4.78, 5) is 8.43. The molecule has 128 valence electrons. The Bertz CT molecular complexity index is 545. The van der Waals surface area contributed by atoms with Crippen molar-refractivity contribution in [2.24, 2.45) is 5.92 Å². The van der Waals surface area contributed by atoms with Crippen LogP contribution in [0.4, 0.5) is 0 Å². The third-order valence-corrected chi connectivity index (χ3v) is 7.03. The van der Waals surface area contributed by atoms with Gasteiger partial charge in [0.15, 0.2) is 0 Å². The lowest BCUT2D eigenvalue weighted by Gasteiger charge is -2.43. The van der Waals surface area contributed by atoms with Gasteiger partial charge in [-0.2, -0.15) is 0 Å². The Morgan fingerprint density at radius 1 is 1.35 bits per heavy atom. The Labute approximate surface area is 143 Å². The lowest BCUT2D eigenvalue weighted by molar-refractivity contribution is -0.103. The number of ether oxygens (including phenoxy) is 2. The second kappa shape index (κ2) is 6.43. The molecule has 1 aliphatic heterocycles. The molecule has 0 unspecified atom stereocenters. The third-order valence-electron chi connectivity index (χ3n) is 6.11. The van der Waals surface area contributed by atoms with E-state index < -0.39 is 0 Å². The van der Waals surface area contributed by atoms with Crippen molar-refractivity contribution in [2.45, 2.75) is 69.7 Å². The number of aryl methyl sites for hydroxylation is 1. The number of likely N-dealkylation sites (tertiary alicyclic amines) is 1. The molecule has 3 fully saturated rings. The van der Waals surface area contributed by atoms with E-state index >= 15 is 0 Å². The minimum absolute atomic E-state index is 0.0536. The smallest absolute Gasteiger partial charge is 0.0847 e. The van der Waals surface area contributed by atoms with Crippen LogP contribution in [0.5, 0.6) is 0 Å². The molecule has 3 aliphatic rings. The van der Waals surface area contributed by atoms with Crippen LogP contribution in [0.25, 0.3) is 0 Å². The zero-order chi connectivity index (χ0) is 15.9. The fourth-order valence-electron chi connectivity index (χ4n) is 4.32. The average molecular weight is 337 g/mol. The van der Waals surface area contributed by atoms with E-state index in [0.29, 0.717) is 12.1 Å². The molecule has 2 heterocycles. The van der Waals surface area contributed by atoms with Crippen molar-refractivity contribution >= 4 is 11.3 Å². The van der Waals surface area contributed by atoms with E-state index in [0.717, 1.165) is 51.3 Å². The van der Waals surface area contributed by atoms with E-state index in [9.17, 15) is 0 Å². The quantitative estimate of drug-likeness (QED) is 0.797. The Balaban J connectivity index is 1.44. The van der Waals surface area contributed by atoms with E-state index in [1.54, 1.807) is 11.3 Å². The molecule has 0 spiro atoms. The fourth-order valence-corrected chi connectivity index (χ4v) is 5.12. The molecule has 3 atom stereocenters. The first-order valence-electron chi connectivity index (χ1n) is 9.00. The van der Waals surface area contributed by atoms with Gasteiger partial charge in [0, 0.05) is 37.7 Å². The van der Waals surface area contributed by atoms with Gasteiger partial charge in [-0.25, -0.2) is 4.98 Å². The summed E-state index contributed by atoms with van der Waals surface area (Å²) in [6.45, 7) is 5.24. The summed E-state index contributed by atoms with van der Waals surface area (Å²) < 4.78 is 12.3. The summed E-state index contributed by atoms with van der Waals surface area (Å²) in [5, 5.41) is 0. The van der Waals surface area contributed by atoms with E-state index in [2.05, 4.69) is 16.8 Å². The van der Waals surface area contributed by atoms with Crippen molar-refractivity contribution < 1.29 is 9.47 Å². The maximum Gasteiger partial charge on any atom is 0.0847 e. The number of hydrogen-bond acceptors (Lipinski definition) is 5. The van der Waals surface area contributed by atoms with Crippen molar-refractivity contribution in [2.75, 3.05) is 20.3 Å².